The summed E-state index contributed by atoms with van der Waals surface area (Å²) in [6, 6.07) is 6.39. The van der Waals surface area contributed by atoms with Crippen LogP contribution in [0.4, 0.5) is 4.39 Å². The van der Waals surface area contributed by atoms with Gasteiger partial charge in [-0.3, -0.25) is 9.78 Å². The molecule has 3 aromatic rings. The fraction of sp³-hybridized carbons (Fsp3) is 0.375. The number of hydrogen-bond acceptors (Lipinski definition) is 5. The lowest BCUT2D eigenvalue weighted by Gasteiger charge is -2.36. The Morgan fingerprint density at radius 1 is 1.16 bits per heavy atom. The molecule has 0 saturated heterocycles. The van der Waals surface area contributed by atoms with E-state index in [1.165, 1.54) is 6.07 Å². The van der Waals surface area contributed by atoms with Crippen molar-refractivity contribution in [3.63, 3.8) is 0 Å². The predicted octanol–water partition coefficient (Wildman–Crippen LogP) is 4.14. The largest absolute Gasteiger partial charge is 0.349 e. The van der Waals surface area contributed by atoms with E-state index in [9.17, 15) is 9.18 Å². The van der Waals surface area contributed by atoms with Crippen LogP contribution in [0, 0.1) is 18.2 Å². The van der Waals surface area contributed by atoms with Crippen molar-refractivity contribution in [2.24, 2.45) is 5.41 Å². The van der Waals surface area contributed by atoms with Gasteiger partial charge in [-0.2, -0.15) is 0 Å². The van der Waals surface area contributed by atoms with E-state index in [-0.39, 0.29) is 29.6 Å². The van der Waals surface area contributed by atoms with Crippen LogP contribution in [0.2, 0.25) is 0 Å². The third kappa shape index (κ3) is 4.93. The predicted molar refractivity (Wildman–Crippen MR) is 116 cm³/mol. The number of nitrogens with zero attached hydrogens (tertiary/aromatic N) is 4. The minimum absolute atomic E-state index is 0.0267. The van der Waals surface area contributed by atoms with Crippen molar-refractivity contribution in [1.82, 2.24) is 25.3 Å². The molecule has 2 heterocycles. The maximum atomic E-state index is 13.8. The zero-order valence-electron chi connectivity index (χ0n) is 18.0. The molecule has 0 saturated carbocycles. The van der Waals surface area contributed by atoms with Gasteiger partial charge < -0.3 is 5.32 Å². The van der Waals surface area contributed by atoms with E-state index in [1.807, 2.05) is 6.92 Å². The molecule has 1 atom stereocenters. The number of aromatic nitrogens is 4. The van der Waals surface area contributed by atoms with Gasteiger partial charge in [0.25, 0.3) is 0 Å². The molecule has 0 spiro atoms. The van der Waals surface area contributed by atoms with Crippen molar-refractivity contribution < 1.29 is 9.18 Å². The Balaban J connectivity index is 1.52. The fourth-order valence-electron chi connectivity index (χ4n) is 4.02. The van der Waals surface area contributed by atoms with Crippen molar-refractivity contribution >= 4 is 5.91 Å². The number of nitrogens with one attached hydrogen (secondary N) is 1. The minimum atomic E-state index is -0.278. The zero-order valence-corrected chi connectivity index (χ0v) is 18.0. The van der Waals surface area contributed by atoms with Crippen LogP contribution in [0.3, 0.4) is 0 Å². The van der Waals surface area contributed by atoms with E-state index in [0.717, 1.165) is 29.8 Å². The van der Waals surface area contributed by atoms with E-state index in [2.05, 4.69) is 34.1 Å². The third-order valence-electron chi connectivity index (χ3n) is 5.60. The van der Waals surface area contributed by atoms with Crippen LogP contribution in [-0.2, 0) is 17.6 Å². The highest BCUT2D eigenvalue weighted by Gasteiger charge is 2.34. The van der Waals surface area contributed by atoms with Crippen LogP contribution in [0.25, 0.3) is 11.5 Å². The lowest BCUT2D eigenvalue weighted by atomic mass is 9.74. The molecule has 1 aliphatic carbocycles. The molecule has 1 amide bonds. The highest BCUT2D eigenvalue weighted by Crippen LogP contribution is 2.40. The van der Waals surface area contributed by atoms with E-state index < -0.39 is 0 Å². The Labute approximate surface area is 181 Å². The summed E-state index contributed by atoms with van der Waals surface area (Å²) in [7, 11) is 0. The summed E-state index contributed by atoms with van der Waals surface area (Å²) in [5.41, 5.74) is 3.84. The highest BCUT2D eigenvalue weighted by atomic mass is 19.1. The van der Waals surface area contributed by atoms with Crippen LogP contribution in [0.15, 0.2) is 42.9 Å². The van der Waals surface area contributed by atoms with Crippen LogP contribution >= 0.6 is 0 Å². The molecular weight excluding hydrogens is 393 g/mol. The fourth-order valence-corrected chi connectivity index (χ4v) is 4.02. The number of carbonyl (C=O) groups is 1. The molecule has 0 bridgehead atoms. The molecule has 160 valence electrons. The summed E-state index contributed by atoms with van der Waals surface area (Å²) < 4.78 is 13.8. The van der Waals surface area contributed by atoms with Crippen LogP contribution < -0.4 is 5.32 Å². The smallest absolute Gasteiger partial charge is 0.220 e. The second-order valence-corrected chi connectivity index (χ2v) is 8.90. The first-order valence-corrected chi connectivity index (χ1v) is 10.5. The standard InChI is InChI=1S/C24H26FN5O/c1-15-12-27-21(14-26-15)23-28-13-17-19(10-24(2,3)11-20(17)30-23)29-22(31)9-8-16-6-4-5-7-18(16)25/h4-7,12-14,19H,8-11H2,1-3H3,(H,29,31)/t19-/m0/s1. The maximum Gasteiger partial charge on any atom is 0.220 e. The van der Waals surface area contributed by atoms with Crippen LogP contribution in [0.5, 0.6) is 0 Å². The van der Waals surface area contributed by atoms with Gasteiger partial charge >= 0.3 is 0 Å². The van der Waals surface area contributed by atoms with Crippen LogP contribution in [0.1, 0.15) is 55.2 Å². The number of aryl methyl sites for hydroxylation is 2. The number of rotatable bonds is 5. The van der Waals surface area contributed by atoms with E-state index in [0.29, 0.717) is 23.5 Å². The average Bonchev–Trinajstić information content (AvgIpc) is 2.72. The van der Waals surface area contributed by atoms with Crippen molar-refractivity contribution in [3.05, 3.63) is 71.2 Å². The monoisotopic (exact) mass is 419 g/mol. The first kappa shape index (κ1) is 21.0. The lowest BCUT2D eigenvalue weighted by molar-refractivity contribution is -0.122. The van der Waals surface area contributed by atoms with Gasteiger partial charge in [-0.15, -0.1) is 0 Å². The average molecular weight is 420 g/mol. The highest BCUT2D eigenvalue weighted by molar-refractivity contribution is 5.76. The molecule has 31 heavy (non-hydrogen) atoms. The summed E-state index contributed by atoms with van der Waals surface area (Å²) in [6.07, 6.45) is 7.33. The Kier molecular flexibility index (Phi) is 5.76. The lowest BCUT2D eigenvalue weighted by Crippen LogP contribution is -2.37. The second-order valence-electron chi connectivity index (χ2n) is 8.90. The second kappa shape index (κ2) is 8.49. The Morgan fingerprint density at radius 3 is 2.71 bits per heavy atom. The van der Waals surface area contributed by atoms with Crippen molar-refractivity contribution in [2.75, 3.05) is 0 Å². The summed E-state index contributed by atoms with van der Waals surface area (Å²) in [4.78, 5) is 30.5. The number of hydrogen-bond donors (Lipinski definition) is 1. The first-order chi connectivity index (χ1) is 14.8. The molecule has 4 rings (SSSR count). The van der Waals surface area contributed by atoms with E-state index >= 15 is 0 Å². The van der Waals surface area contributed by atoms with E-state index in [1.54, 1.807) is 36.8 Å². The van der Waals surface area contributed by atoms with Crippen LogP contribution in [-0.4, -0.2) is 25.8 Å². The number of halogens is 1. The van der Waals surface area contributed by atoms with Gasteiger partial charge in [-0.1, -0.05) is 32.0 Å². The van der Waals surface area contributed by atoms with Gasteiger partial charge in [0.05, 0.1) is 23.6 Å². The van der Waals surface area contributed by atoms with Gasteiger partial charge in [0.2, 0.25) is 5.91 Å². The van der Waals surface area contributed by atoms with Crippen molar-refractivity contribution in [3.8, 4) is 11.5 Å². The normalized spacial score (nSPS) is 17.1. The summed E-state index contributed by atoms with van der Waals surface area (Å²) in [5, 5.41) is 3.12. The number of fused-ring (bicyclic) bond motifs is 1. The maximum absolute atomic E-state index is 13.8. The topological polar surface area (TPSA) is 80.7 Å². The molecule has 6 nitrogen and oxygen atoms in total. The van der Waals surface area contributed by atoms with Crippen molar-refractivity contribution in [1.29, 1.82) is 0 Å². The SMILES string of the molecule is Cc1cnc(-c2ncc3c(n2)CC(C)(C)C[C@@H]3NC(=O)CCc2ccccc2F)cn1. The molecule has 1 N–H and O–H groups in total. The van der Waals surface area contributed by atoms with Gasteiger partial charge in [-0.05, 0) is 43.2 Å². The molecule has 7 heteroatoms. The van der Waals surface area contributed by atoms with E-state index in [4.69, 9.17) is 4.98 Å². The Hall–Kier alpha value is -3.22. The summed E-state index contributed by atoms with van der Waals surface area (Å²) in [5.74, 6) is 0.151. The van der Waals surface area contributed by atoms with Gasteiger partial charge in [0.1, 0.15) is 11.5 Å². The summed E-state index contributed by atoms with van der Waals surface area (Å²) >= 11 is 0. The van der Waals surface area contributed by atoms with Gasteiger partial charge in [0, 0.05) is 24.4 Å². The molecule has 0 radical (unpaired) electrons. The third-order valence-corrected chi connectivity index (χ3v) is 5.60. The van der Waals surface area contributed by atoms with Crippen molar-refractivity contribution in [2.45, 2.75) is 52.5 Å². The number of benzene rings is 1. The minimum Gasteiger partial charge on any atom is -0.349 e. The quantitative estimate of drug-likeness (QED) is 0.672. The Morgan fingerprint density at radius 2 is 1.97 bits per heavy atom. The number of carbonyl (C=O) groups excluding carboxylic acids is 1. The molecule has 0 aliphatic heterocycles. The molecule has 1 aromatic carbocycles. The zero-order chi connectivity index (χ0) is 22.0. The molecule has 1 aliphatic rings. The molecule has 0 unspecified atom stereocenters. The van der Waals surface area contributed by atoms with Gasteiger partial charge in [-0.25, -0.2) is 19.3 Å². The van der Waals surface area contributed by atoms with Gasteiger partial charge in [0.15, 0.2) is 5.82 Å². The first-order valence-electron chi connectivity index (χ1n) is 10.5. The Bertz CT molecular complexity index is 1100. The summed E-state index contributed by atoms with van der Waals surface area (Å²) in [6.45, 7) is 6.22. The molecule has 0 fully saturated rings. The molecule has 2 aromatic heterocycles. The number of amides is 1. The molecular formula is C24H26FN5O.